The fourth-order valence-electron chi connectivity index (χ4n) is 1.34. The Morgan fingerprint density at radius 2 is 1.89 bits per heavy atom. The normalized spacial score (nSPS) is 12.3. The van der Waals surface area contributed by atoms with Gasteiger partial charge in [-0.25, -0.2) is 4.39 Å². The molecular weight excluding hydrogens is 258 g/mol. The molecule has 0 bridgehead atoms. The van der Waals surface area contributed by atoms with Crippen LogP contribution >= 0.6 is 0 Å². The number of nitrogens with zero attached hydrogens (tertiary/aromatic N) is 1. The third kappa shape index (κ3) is 3.24. The van der Waals surface area contributed by atoms with E-state index in [4.69, 9.17) is 0 Å². The Bertz CT molecular complexity index is 518. The number of nitrogens with one attached hydrogen (secondary N) is 1. The van der Waals surface area contributed by atoms with E-state index in [-0.39, 0.29) is 12.0 Å². The largest absolute Gasteiger partial charge is 0.349 e. The summed E-state index contributed by atoms with van der Waals surface area (Å²) in [5, 5.41) is 13.0. The van der Waals surface area contributed by atoms with Crippen molar-refractivity contribution in [3.05, 3.63) is 39.4 Å². The Morgan fingerprint density at radius 1 is 1.32 bits per heavy atom. The molecule has 0 aliphatic carbocycles. The van der Waals surface area contributed by atoms with E-state index < -0.39 is 33.7 Å². The molecule has 104 valence electrons. The van der Waals surface area contributed by atoms with Crippen LogP contribution in [0, 0.1) is 27.7 Å². The summed E-state index contributed by atoms with van der Waals surface area (Å²) in [5.74, 6) is -3.52. The molecule has 1 atom stereocenters. The minimum absolute atomic E-state index is 0.0637. The van der Waals surface area contributed by atoms with Gasteiger partial charge in [0.15, 0.2) is 0 Å². The monoisotopic (exact) mass is 272 g/mol. The molecule has 0 spiro atoms. The second kappa shape index (κ2) is 5.73. The summed E-state index contributed by atoms with van der Waals surface area (Å²) in [6, 6.07) is 1.08. The number of hydrogen-bond donors (Lipinski definition) is 1. The molecule has 0 aliphatic rings. The maximum absolute atomic E-state index is 13.7. The van der Waals surface area contributed by atoms with Gasteiger partial charge in [-0.1, -0.05) is 13.8 Å². The number of benzene rings is 1. The average Bonchev–Trinajstić information content (AvgIpc) is 2.27. The SMILES string of the molecule is CC(C)C(C)NC(=O)c1c(F)ccc([N+](=O)[O-])c1F. The molecule has 19 heavy (non-hydrogen) atoms. The third-order valence-corrected chi connectivity index (χ3v) is 2.85. The van der Waals surface area contributed by atoms with Crippen LogP contribution in [0.3, 0.4) is 0 Å². The van der Waals surface area contributed by atoms with E-state index >= 15 is 0 Å². The molecule has 1 aromatic carbocycles. The van der Waals surface area contributed by atoms with Crippen LogP contribution in [0.2, 0.25) is 0 Å². The molecule has 7 heteroatoms. The third-order valence-electron chi connectivity index (χ3n) is 2.85. The summed E-state index contributed by atoms with van der Waals surface area (Å²) in [6.07, 6.45) is 0. The van der Waals surface area contributed by atoms with Crippen LogP contribution in [-0.4, -0.2) is 16.9 Å². The van der Waals surface area contributed by atoms with E-state index in [0.717, 1.165) is 0 Å². The number of rotatable bonds is 4. The number of nitro benzene ring substituents is 1. The van der Waals surface area contributed by atoms with Crippen molar-refractivity contribution >= 4 is 11.6 Å². The van der Waals surface area contributed by atoms with E-state index in [9.17, 15) is 23.7 Å². The van der Waals surface area contributed by atoms with Crippen molar-refractivity contribution in [3.63, 3.8) is 0 Å². The molecule has 0 aromatic heterocycles. The fourth-order valence-corrected chi connectivity index (χ4v) is 1.34. The van der Waals surface area contributed by atoms with Crippen LogP contribution in [0.1, 0.15) is 31.1 Å². The first kappa shape index (κ1) is 15.0. The lowest BCUT2D eigenvalue weighted by Gasteiger charge is -2.17. The van der Waals surface area contributed by atoms with Gasteiger partial charge in [-0.15, -0.1) is 0 Å². The number of carbonyl (C=O) groups is 1. The van der Waals surface area contributed by atoms with Crippen LogP contribution in [0.25, 0.3) is 0 Å². The lowest BCUT2D eigenvalue weighted by molar-refractivity contribution is -0.387. The summed E-state index contributed by atoms with van der Waals surface area (Å²) < 4.78 is 27.2. The minimum Gasteiger partial charge on any atom is -0.349 e. The predicted molar refractivity (Wildman–Crippen MR) is 64.8 cm³/mol. The maximum Gasteiger partial charge on any atom is 0.305 e. The van der Waals surface area contributed by atoms with Gasteiger partial charge in [0.25, 0.3) is 5.91 Å². The van der Waals surface area contributed by atoms with Crippen molar-refractivity contribution in [3.8, 4) is 0 Å². The lowest BCUT2D eigenvalue weighted by Crippen LogP contribution is -2.37. The summed E-state index contributed by atoms with van der Waals surface area (Å²) in [4.78, 5) is 21.3. The standard InChI is InChI=1S/C12H14F2N2O3/c1-6(2)7(3)15-12(17)10-8(13)4-5-9(11(10)14)16(18)19/h4-7H,1-3H3,(H,15,17). The highest BCUT2D eigenvalue weighted by molar-refractivity contribution is 5.95. The predicted octanol–water partition coefficient (Wildman–Crippen LogP) is 2.65. The van der Waals surface area contributed by atoms with Gasteiger partial charge in [0.2, 0.25) is 5.82 Å². The highest BCUT2D eigenvalue weighted by atomic mass is 19.1. The molecule has 0 saturated carbocycles. The summed E-state index contributed by atoms with van der Waals surface area (Å²) in [5.41, 5.74) is -1.86. The Kier molecular flexibility index (Phi) is 4.52. The van der Waals surface area contributed by atoms with Crippen molar-refractivity contribution in [1.82, 2.24) is 5.32 Å². The highest BCUT2D eigenvalue weighted by Crippen LogP contribution is 2.23. The van der Waals surface area contributed by atoms with Crippen LogP contribution in [-0.2, 0) is 0 Å². The molecule has 0 fully saturated rings. The maximum atomic E-state index is 13.7. The van der Waals surface area contributed by atoms with Crippen LogP contribution in [0.4, 0.5) is 14.5 Å². The first-order chi connectivity index (χ1) is 8.75. The van der Waals surface area contributed by atoms with Gasteiger partial charge >= 0.3 is 5.69 Å². The van der Waals surface area contributed by atoms with E-state index in [1.165, 1.54) is 0 Å². The first-order valence-electron chi connectivity index (χ1n) is 5.69. The van der Waals surface area contributed by atoms with Crippen LogP contribution < -0.4 is 5.32 Å². The van der Waals surface area contributed by atoms with E-state index in [2.05, 4.69) is 5.32 Å². The number of carbonyl (C=O) groups excluding carboxylic acids is 1. The van der Waals surface area contributed by atoms with E-state index in [1.807, 2.05) is 13.8 Å². The molecule has 0 saturated heterocycles. The number of halogens is 2. The zero-order valence-electron chi connectivity index (χ0n) is 10.7. The molecular formula is C12H14F2N2O3. The van der Waals surface area contributed by atoms with Crippen molar-refractivity contribution < 1.29 is 18.5 Å². The molecule has 1 unspecified atom stereocenters. The van der Waals surface area contributed by atoms with Crippen LogP contribution in [0.15, 0.2) is 12.1 Å². The van der Waals surface area contributed by atoms with Gasteiger partial charge in [0.1, 0.15) is 11.4 Å². The number of nitro groups is 1. The van der Waals surface area contributed by atoms with Gasteiger partial charge in [0, 0.05) is 12.1 Å². The fraction of sp³-hybridized carbons (Fsp3) is 0.417. The zero-order chi connectivity index (χ0) is 14.7. The smallest absolute Gasteiger partial charge is 0.305 e. The topological polar surface area (TPSA) is 72.2 Å². The molecule has 1 N–H and O–H groups in total. The Labute approximate surface area is 108 Å². The van der Waals surface area contributed by atoms with Crippen molar-refractivity contribution in [2.75, 3.05) is 0 Å². The molecule has 0 radical (unpaired) electrons. The van der Waals surface area contributed by atoms with Gasteiger partial charge < -0.3 is 5.32 Å². The molecule has 5 nitrogen and oxygen atoms in total. The van der Waals surface area contributed by atoms with Crippen LogP contribution in [0.5, 0.6) is 0 Å². The van der Waals surface area contributed by atoms with Crippen molar-refractivity contribution in [1.29, 1.82) is 0 Å². The highest BCUT2D eigenvalue weighted by Gasteiger charge is 2.27. The number of amides is 1. The van der Waals surface area contributed by atoms with Gasteiger partial charge in [-0.3, -0.25) is 14.9 Å². The zero-order valence-corrected chi connectivity index (χ0v) is 10.7. The molecule has 1 rings (SSSR count). The summed E-state index contributed by atoms with van der Waals surface area (Å²) in [7, 11) is 0. The second-order valence-corrected chi connectivity index (χ2v) is 4.52. The molecule has 0 aliphatic heterocycles. The average molecular weight is 272 g/mol. The van der Waals surface area contributed by atoms with E-state index in [1.54, 1.807) is 6.92 Å². The quantitative estimate of drug-likeness (QED) is 0.676. The number of hydrogen-bond acceptors (Lipinski definition) is 3. The molecule has 0 heterocycles. The summed E-state index contributed by atoms with van der Waals surface area (Å²) >= 11 is 0. The van der Waals surface area contributed by atoms with Crippen molar-refractivity contribution in [2.24, 2.45) is 5.92 Å². The first-order valence-corrected chi connectivity index (χ1v) is 5.69. The molecule has 1 aromatic rings. The van der Waals surface area contributed by atoms with Crippen molar-refractivity contribution in [2.45, 2.75) is 26.8 Å². The second-order valence-electron chi connectivity index (χ2n) is 4.52. The Morgan fingerprint density at radius 3 is 2.37 bits per heavy atom. The lowest BCUT2D eigenvalue weighted by atomic mass is 10.1. The Balaban J connectivity index is 3.16. The van der Waals surface area contributed by atoms with Gasteiger partial charge in [-0.05, 0) is 18.9 Å². The van der Waals surface area contributed by atoms with Gasteiger partial charge in [-0.2, -0.15) is 4.39 Å². The summed E-state index contributed by atoms with van der Waals surface area (Å²) in [6.45, 7) is 5.33. The Hall–Kier alpha value is -2.05. The minimum atomic E-state index is -1.46. The van der Waals surface area contributed by atoms with Gasteiger partial charge in [0.05, 0.1) is 4.92 Å². The molecule has 1 amide bonds. The van der Waals surface area contributed by atoms with E-state index in [0.29, 0.717) is 12.1 Å².